The highest BCUT2D eigenvalue weighted by Crippen LogP contribution is 2.31. The van der Waals surface area contributed by atoms with E-state index < -0.39 is 0 Å². The van der Waals surface area contributed by atoms with Gasteiger partial charge in [-0.15, -0.1) is 0 Å². The Morgan fingerprint density at radius 1 is 1.00 bits per heavy atom. The number of fused-ring (bicyclic) bond motifs is 1. The smallest absolute Gasteiger partial charge is 0.161 e. The second-order valence-corrected chi connectivity index (χ2v) is 5.22. The van der Waals surface area contributed by atoms with Gasteiger partial charge in [-0.3, -0.25) is 0 Å². The van der Waals surface area contributed by atoms with Crippen molar-refractivity contribution >= 4 is 22.4 Å². The van der Waals surface area contributed by atoms with Crippen molar-refractivity contribution in [2.24, 2.45) is 0 Å². The third kappa shape index (κ3) is 2.99. The number of nitrogens with zero attached hydrogens (tertiary/aromatic N) is 1. The van der Waals surface area contributed by atoms with E-state index in [0.29, 0.717) is 17.1 Å². The maximum atomic E-state index is 9.89. The number of benzene rings is 2. The maximum Gasteiger partial charge on any atom is 0.161 e. The van der Waals surface area contributed by atoms with Crippen molar-refractivity contribution in [3.05, 3.63) is 48.0 Å². The monoisotopic (exact) mass is 310 g/mol. The molecule has 5 heteroatoms. The Balaban J connectivity index is 1.94. The number of anilines is 2. The molecule has 0 saturated heterocycles. The van der Waals surface area contributed by atoms with Gasteiger partial charge in [0.25, 0.3) is 0 Å². The van der Waals surface area contributed by atoms with Crippen molar-refractivity contribution in [1.29, 1.82) is 0 Å². The number of pyridine rings is 1. The van der Waals surface area contributed by atoms with E-state index in [9.17, 15) is 5.11 Å². The summed E-state index contributed by atoms with van der Waals surface area (Å²) in [5.74, 6) is 2.03. The number of ether oxygens (including phenoxy) is 2. The Labute approximate surface area is 134 Å². The number of aryl methyl sites for hydroxylation is 1. The predicted molar refractivity (Wildman–Crippen MR) is 91.0 cm³/mol. The molecule has 0 saturated carbocycles. The zero-order valence-corrected chi connectivity index (χ0v) is 13.3. The van der Waals surface area contributed by atoms with E-state index in [-0.39, 0.29) is 5.75 Å². The Morgan fingerprint density at radius 3 is 2.52 bits per heavy atom. The lowest BCUT2D eigenvalue weighted by Gasteiger charge is -2.11. The summed E-state index contributed by atoms with van der Waals surface area (Å²) in [6.45, 7) is 2.00. The summed E-state index contributed by atoms with van der Waals surface area (Å²) in [5.41, 5.74) is 2.71. The van der Waals surface area contributed by atoms with Crippen molar-refractivity contribution in [3.63, 3.8) is 0 Å². The second kappa shape index (κ2) is 6.04. The van der Waals surface area contributed by atoms with Gasteiger partial charge in [0.05, 0.1) is 19.7 Å². The number of rotatable bonds is 4. The van der Waals surface area contributed by atoms with Gasteiger partial charge in [-0.05, 0) is 48.9 Å². The highest BCUT2D eigenvalue weighted by Gasteiger charge is 2.07. The van der Waals surface area contributed by atoms with E-state index in [1.165, 1.54) is 7.11 Å². The second-order valence-electron chi connectivity index (χ2n) is 5.22. The molecule has 0 bridgehead atoms. The zero-order chi connectivity index (χ0) is 16.4. The number of aromatic nitrogens is 1. The van der Waals surface area contributed by atoms with Crippen LogP contribution in [0.5, 0.6) is 17.2 Å². The molecule has 0 aliphatic rings. The first-order valence-electron chi connectivity index (χ1n) is 7.20. The summed E-state index contributed by atoms with van der Waals surface area (Å²) in [6.07, 6.45) is 0. The minimum atomic E-state index is 0.0743. The third-order valence-corrected chi connectivity index (χ3v) is 3.69. The van der Waals surface area contributed by atoms with Gasteiger partial charge in [-0.2, -0.15) is 0 Å². The Bertz CT molecular complexity index is 862. The van der Waals surface area contributed by atoms with E-state index >= 15 is 0 Å². The summed E-state index contributed by atoms with van der Waals surface area (Å²) in [7, 11) is 3.17. The minimum Gasteiger partial charge on any atom is -0.504 e. The fraction of sp³-hybridized carbons (Fsp3) is 0.167. The van der Waals surface area contributed by atoms with Crippen LogP contribution in [0.1, 0.15) is 5.56 Å². The van der Waals surface area contributed by atoms with Crippen LogP contribution in [-0.2, 0) is 0 Å². The predicted octanol–water partition coefficient (Wildman–Crippen LogP) is 4.01. The lowest BCUT2D eigenvalue weighted by molar-refractivity contribution is 0.374. The molecule has 2 N–H and O–H groups in total. The van der Waals surface area contributed by atoms with Gasteiger partial charge < -0.3 is 19.9 Å². The topological polar surface area (TPSA) is 63.6 Å². The number of methoxy groups -OCH3 is 2. The van der Waals surface area contributed by atoms with Gasteiger partial charge in [0, 0.05) is 17.1 Å². The van der Waals surface area contributed by atoms with Crippen LogP contribution < -0.4 is 14.8 Å². The van der Waals surface area contributed by atoms with Crippen LogP contribution in [0, 0.1) is 6.92 Å². The van der Waals surface area contributed by atoms with Crippen LogP contribution in [0.2, 0.25) is 0 Å². The van der Waals surface area contributed by atoms with Gasteiger partial charge in [0.1, 0.15) is 11.6 Å². The highest BCUT2D eigenvalue weighted by molar-refractivity contribution is 5.84. The number of hydrogen-bond donors (Lipinski definition) is 2. The minimum absolute atomic E-state index is 0.0743. The average molecular weight is 310 g/mol. The van der Waals surface area contributed by atoms with Crippen LogP contribution in [0.15, 0.2) is 42.5 Å². The zero-order valence-electron chi connectivity index (χ0n) is 13.3. The summed E-state index contributed by atoms with van der Waals surface area (Å²) < 4.78 is 10.3. The van der Waals surface area contributed by atoms with E-state index in [0.717, 1.165) is 22.4 Å². The van der Waals surface area contributed by atoms with Crippen molar-refractivity contribution < 1.29 is 14.6 Å². The van der Waals surface area contributed by atoms with Crippen LogP contribution in [-0.4, -0.2) is 24.3 Å². The first-order chi connectivity index (χ1) is 11.1. The largest absolute Gasteiger partial charge is 0.504 e. The molecule has 1 heterocycles. The van der Waals surface area contributed by atoms with Gasteiger partial charge in [0.15, 0.2) is 11.5 Å². The molecular formula is C18H18N2O3. The van der Waals surface area contributed by atoms with Crippen molar-refractivity contribution in [3.8, 4) is 17.2 Å². The molecule has 0 spiro atoms. The SMILES string of the molecule is COc1ccc(Nc2ccc3cc(OC)c(O)cc3n2)c(C)c1. The molecule has 0 radical (unpaired) electrons. The molecule has 5 nitrogen and oxygen atoms in total. The fourth-order valence-corrected chi connectivity index (χ4v) is 2.41. The molecular weight excluding hydrogens is 292 g/mol. The molecule has 0 atom stereocenters. The molecule has 0 unspecified atom stereocenters. The first kappa shape index (κ1) is 15.0. The van der Waals surface area contributed by atoms with Gasteiger partial charge in [-0.25, -0.2) is 4.98 Å². The molecule has 0 amide bonds. The summed E-state index contributed by atoms with van der Waals surface area (Å²) in [4.78, 5) is 4.53. The normalized spacial score (nSPS) is 10.6. The Morgan fingerprint density at radius 2 is 1.83 bits per heavy atom. The maximum absolute atomic E-state index is 9.89. The fourth-order valence-electron chi connectivity index (χ4n) is 2.41. The van der Waals surface area contributed by atoms with E-state index in [1.54, 1.807) is 19.2 Å². The Kier molecular flexibility index (Phi) is 3.93. The average Bonchev–Trinajstić information content (AvgIpc) is 2.56. The van der Waals surface area contributed by atoms with Gasteiger partial charge in [0.2, 0.25) is 0 Å². The summed E-state index contributed by atoms with van der Waals surface area (Å²) >= 11 is 0. The van der Waals surface area contributed by atoms with Crippen LogP contribution in [0.4, 0.5) is 11.5 Å². The summed E-state index contributed by atoms with van der Waals surface area (Å²) in [6, 6.07) is 13.0. The standard InChI is InChI=1S/C18H18N2O3/c1-11-8-13(22-2)5-6-14(11)19-18-7-4-12-9-17(23-3)16(21)10-15(12)20-18/h4-10,21H,1-3H3,(H,19,20). The van der Waals surface area contributed by atoms with Crippen molar-refractivity contribution in [1.82, 2.24) is 4.98 Å². The first-order valence-corrected chi connectivity index (χ1v) is 7.20. The lowest BCUT2D eigenvalue weighted by atomic mass is 10.1. The molecule has 2 aromatic carbocycles. The van der Waals surface area contributed by atoms with Crippen LogP contribution >= 0.6 is 0 Å². The third-order valence-electron chi connectivity index (χ3n) is 3.69. The molecule has 0 aliphatic carbocycles. The Hall–Kier alpha value is -2.95. The van der Waals surface area contributed by atoms with Gasteiger partial charge in [-0.1, -0.05) is 0 Å². The lowest BCUT2D eigenvalue weighted by Crippen LogP contribution is -1.96. The van der Waals surface area contributed by atoms with Crippen molar-refractivity contribution in [2.75, 3.05) is 19.5 Å². The molecule has 0 fully saturated rings. The van der Waals surface area contributed by atoms with Crippen molar-refractivity contribution in [2.45, 2.75) is 6.92 Å². The van der Waals surface area contributed by atoms with Crippen LogP contribution in [0.3, 0.4) is 0 Å². The van der Waals surface area contributed by atoms with Crippen LogP contribution in [0.25, 0.3) is 10.9 Å². The van der Waals surface area contributed by atoms with E-state index in [2.05, 4.69) is 10.3 Å². The molecule has 118 valence electrons. The molecule has 3 aromatic rings. The summed E-state index contributed by atoms with van der Waals surface area (Å²) in [5, 5.41) is 14.1. The van der Waals surface area contributed by atoms with E-state index in [1.807, 2.05) is 37.3 Å². The molecule has 1 aromatic heterocycles. The molecule has 23 heavy (non-hydrogen) atoms. The van der Waals surface area contributed by atoms with E-state index in [4.69, 9.17) is 9.47 Å². The molecule has 0 aliphatic heterocycles. The number of hydrogen-bond acceptors (Lipinski definition) is 5. The highest BCUT2D eigenvalue weighted by atomic mass is 16.5. The van der Waals surface area contributed by atoms with Gasteiger partial charge >= 0.3 is 0 Å². The molecule has 3 rings (SSSR count). The number of nitrogens with one attached hydrogen (secondary N) is 1. The number of phenols is 1. The number of phenolic OH excluding ortho intramolecular Hbond substituents is 1. The number of aromatic hydroxyl groups is 1. The quantitative estimate of drug-likeness (QED) is 0.762.